The minimum absolute atomic E-state index is 0.270. The zero-order valence-electron chi connectivity index (χ0n) is 17.2. The molecule has 25 heavy (non-hydrogen) atoms. The third-order valence-corrected chi connectivity index (χ3v) is 4.10. The molecule has 0 bridgehead atoms. The molecule has 1 amide bonds. The Labute approximate surface area is 152 Å². The summed E-state index contributed by atoms with van der Waals surface area (Å²) in [5.74, 6) is -3.28. The van der Waals surface area contributed by atoms with E-state index in [1.807, 2.05) is 13.8 Å². The molecule has 0 spiro atoms. The Balaban J connectivity index is 6.04. The van der Waals surface area contributed by atoms with Crippen LogP contribution in [0.2, 0.25) is 0 Å². The van der Waals surface area contributed by atoms with E-state index in [-0.39, 0.29) is 11.8 Å². The number of esters is 1. The fourth-order valence-corrected chi connectivity index (χ4v) is 3.18. The molecular formula is C19H36N2O4. The molecule has 0 aromatic rings. The number of carbonyl (C=O) groups excluding carboxylic acids is 3. The van der Waals surface area contributed by atoms with Gasteiger partial charge >= 0.3 is 5.97 Å². The maximum Gasteiger partial charge on any atom is 0.312 e. The van der Waals surface area contributed by atoms with E-state index in [9.17, 15) is 14.4 Å². The average molecular weight is 357 g/mol. The van der Waals surface area contributed by atoms with E-state index in [2.05, 4.69) is 5.32 Å². The molecule has 0 aromatic heterocycles. The molecule has 146 valence electrons. The second kappa shape index (κ2) is 8.79. The number of amides is 1. The van der Waals surface area contributed by atoms with E-state index in [0.29, 0.717) is 6.42 Å². The summed E-state index contributed by atoms with van der Waals surface area (Å²) in [6.07, 6.45) is 0.591. The topological polar surface area (TPSA) is 98.5 Å². The summed E-state index contributed by atoms with van der Waals surface area (Å²) in [6, 6.07) is 0. The van der Waals surface area contributed by atoms with Gasteiger partial charge in [-0.1, -0.05) is 34.6 Å². The van der Waals surface area contributed by atoms with Crippen molar-refractivity contribution in [2.75, 3.05) is 7.05 Å². The van der Waals surface area contributed by atoms with E-state index in [0.717, 1.165) is 0 Å². The van der Waals surface area contributed by atoms with Crippen LogP contribution in [0, 0.1) is 23.7 Å². The van der Waals surface area contributed by atoms with Crippen molar-refractivity contribution in [3.05, 3.63) is 0 Å². The van der Waals surface area contributed by atoms with Crippen molar-refractivity contribution in [3.8, 4) is 0 Å². The summed E-state index contributed by atoms with van der Waals surface area (Å²) < 4.78 is 5.46. The standard InChI is InChI=1S/C19H36N2O4/c1-11(2)10-13(5)15(22)19(20,17(24)21-9)14(12(3)4)16(23)25-18(6,7)8/h11-14H,10,20H2,1-9H3,(H,21,24)/t13?,14?,19-/m1/s1. The molecule has 0 saturated carbocycles. The highest BCUT2D eigenvalue weighted by Crippen LogP contribution is 2.31. The number of ketones is 1. The van der Waals surface area contributed by atoms with Crippen LogP contribution in [0.15, 0.2) is 0 Å². The zero-order valence-corrected chi connectivity index (χ0v) is 17.2. The van der Waals surface area contributed by atoms with Crippen LogP contribution in [-0.4, -0.2) is 35.8 Å². The molecule has 0 aromatic carbocycles. The maximum absolute atomic E-state index is 13.1. The van der Waals surface area contributed by atoms with Crippen LogP contribution >= 0.6 is 0 Å². The largest absolute Gasteiger partial charge is 0.460 e. The average Bonchev–Trinajstić information content (AvgIpc) is 2.41. The lowest BCUT2D eigenvalue weighted by molar-refractivity contribution is -0.169. The van der Waals surface area contributed by atoms with Crippen molar-refractivity contribution in [2.45, 2.75) is 73.0 Å². The van der Waals surface area contributed by atoms with Crippen LogP contribution in [0.25, 0.3) is 0 Å². The minimum atomic E-state index is -1.96. The molecule has 0 aliphatic heterocycles. The third-order valence-electron chi connectivity index (χ3n) is 4.10. The lowest BCUT2D eigenvalue weighted by Crippen LogP contribution is -2.68. The van der Waals surface area contributed by atoms with Gasteiger partial charge in [0.25, 0.3) is 0 Å². The van der Waals surface area contributed by atoms with Crippen molar-refractivity contribution in [3.63, 3.8) is 0 Å². The van der Waals surface area contributed by atoms with Crippen LogP contribution in [0.4, 0.5) is 0 Å². The molecule has 0 rings (SSSR count). The van der Waals surface area contributed by atoms with Crippen LogP contribution in [-0.2, 0) is 19.1 Å². The number of carbonyl (C=O) groups is 3. The second-order valence-corrected chi connectivity index (χ2v) is 8.60. The summed E-state index contributed by atoms with van der Waals surface area (Å²) in [5.41, 5.74) is 3.68. The van der Waals surface area contributed by atoms with E-state index in [4.69, 9.17) is 10.5 Å². The summed E-state index contributed by atoms with van der Waals surface area (Å²) in [6.45, 7) is 14.5. The van der Waals surface area contributed by atoms with Crippen LogP contribution in [0.3, 0.4) is 0 Å². The summed E-state index contributed by atoms with van der Waals surface area (Å²) >= 11 is 0. The van der Waals surface area contributed by atoms with E-state index < -0.39 is 40.6 Å². The summed E-state index contributed by atoms with van der Waals surface area (Å²) in [4.78, 5) is 38.5. The zero-order chi connectivity index (χ0) is 20.2. The van der Waals surface area contributed by atoms with Gasteiger partial charge in [0, 0.05) is 13.0 Å². The predicted molar refractivity (Wildman–Crippen MR) is 98.8 cm³/mol. The van der Waals surface area contributed by atoms with E-state index in [1.165, 1.54) is 7.05 Å². The molecule has 0 aliphatic rings. The monoisotopic (exact) mass is 356 g/mol. The Bertz CT molecular complexity index is 494. The molecule has 0 aliphatic carbocycles. The van der Waals surface area contributed by atoms with Gasteiger partial charge in [0.05, 0.1) is 5.92 Å². The molecule has 6 nitrogen and oxygen atoms in total. The Morgan fingerprint density at radius 1 is 1.04 bits per heavy atom. The van der Waals surface area contributed by atoms with Crippen molar-refractivity contribution in [1.82, 2.24) is 5.32 Å². The van der Waals surface area contributed by atoms with E-state index >= 15 is 0 Å². The number of hydrogen-bond acceptors (Lipinski definition) is 5. The van der Waals surface area contributed by atoms with Crippen molar-refractivity contribution < 1.29 is 19.1 Å². The van der Waals surface area contributed by atoms with Crippen LogP contribution in [0.5, 0.6) is 0 Å². The molecule has 0 radical (unpaired) electrons. The first-order chi connectivity index (χ1) is 11.2. The van der Waals surface area contributed by atoms with Gasteiger partial charge in [0.1, 0.15) is 5.60 Å². The lowest BCUT2D eigenvalue weighted by atomic mass is 9.70. The van der Waals surface area contributed by atoms with E-state index in [1.54, 1.807) is 41.5 Å². The first kappa shape index (κ1) is 23.6. The van der Waals surface area contributed by atoms with Gasteiger partial charge in [0.15, 0.2) is 11.3 Å². The Morgan fingerprint density at radius 2 is 1.52 bits per heavy atom. The van der Waals surface area contributed by atoms with Gasteiger partial charge in [-0.2, -0.15) is 0 Å². The Morgan fingerprint density at radius 3 is 1.84 bits per heavy atom. The van der Waals surface area contributed by atoms with Crippen molar-refractivity contribution in [1.29, 1.82) is 0 Å². The van der Waals surface area contributed by atoms with Gasteiger partial charge in [-0.25, -0.2) is 0 Å². The summed E-state index contributed by atoms with van der Waals surface area (Å²) in [7, 11) is 1.41. The van der Waals surface area contributed by atoms with Gasteiger partial charge < -0.3 is 15.8 Å². The number of ether oxygens (including phenoxy) is 1. The van der Waals surface area contributed by atoms with Crippen molar-refractivity contribution in [2.24, 2.45) is 29.4 Å². The fourth-order valence-electron chi connectivity index (χ4n) is 3.18. The lowest BCUT2D eigenvalue weighted by Gasteiger charge is -2.38. The second-order valence-electron chi connectivity index (χ2n) is 8.60. The molecular weight excluding hydrogens is 320 g/mol. The molecule has 0 saturated heterocycles. The molecule has 0 fully saturated rings. The number of nitrogens with two attached hydrogens (primary N) is 1. The Kier molecular flexibility index (Phi) is 8.28. The fraction of sp³-hybridized carbons (Fsp3) is 0.842. The maximum atomic E-state index is 13.1. The molecule has 2 unspecified atom stereocenters. The number of likely N-dealkylation sites (N-methyl/N-ethyl adjacent to an activating group) is 1. The van der Waals surface area contributed by atoms with Gasteiger partial charge in [-0.05, 0) is 39.0 Å². The number of Topliss-reactive ketones (excluding diaryl/α,β-unsaturated/α-hetero) is 1. The smallest absolute Gasteiger partial charge is 0.312 e. The normalized spacial score (nSPS) is 17.0. The van der Waals surface area contributed by atoms with Gasteiger partial charge in [0.2, 0.25) is 5.91 Å². The number of hydrogen-bond donors (Lipinski definition) is 2. The first-order valence-electron chi connectivity index (χ1n) is 8.96. The third kappa shape index (κ3) is 6.10. The SMILES string of the molecule is CNC(=O)[C@](N)(C(=O)C(C)CC(C)C)C(C(=O)OC(C)(C)C)C(C)C. The minimum Gasteiger partial charge on any atom is -0.460 e. The highest BCUT2D eigenvalue weighted by atomic mass is 16.6. The highest BCUT2D eigenvalue weighted by Gasteiger charge is 2.55. The predicted octanol–water partition coefficient (Wildman–Crippen LogP) is 2.30. The molecule has 6 heteroatoms. The highest BCUT2D eigenvalue weighted by molar-refractivity contribution is 6.14. The molecule has 0 heterocycles. The number of rotatable bonds is 8. The quantitative estimate of drug-likeness (QED) is 0.513. The first-order valence-corrected chi connectivity index (χ1v) is 8.96. The molecule has 3 N–H and O–H groups in total. The number of nitrogens with one attached hydrogen (secondary N) is 1. The van der Waals surface area contributed by atoms with Crippen molar-refractivity contribution >= 4 is 17.7 Å². The molecule has 3 atom stereocenters. The van der Waals surface area contributed by atoms with Gasteiger partial charge in [-0.15, -0.1) is 0 Å². The Hall–Kier alpha value is -1.43. The van der Waals surface area contributed by atoms with Crippen LogP contribution in [0.1, 0.15) is 61.8 Å². The van der Waals surface area contributed by atoms with Gasteiger partial charge in [-0.3, -0.25) is 14.4 Å². The summed E-state index contributed by atoms with van der Waals surface area (Å²) in [5, 5.41) is 2.46. The van der Waals surface area contributed by atoms with Crippen LogP contribution < -0.4 is 11.1 Å².